The molecule has 6 nitrogen and oxygen atoms in total. The van der Waals surface area contributed by atoms with E-state index in [1.54, 1.807) is 23.8 Å². The van der Waals surface area contributed by atoms with Gasteiger partial charge in [0.1, 0.15) is 5.75 Å². The minimum atomic E-state index is -4.27. The lowest BCUT2D eigenvalue weighted by molar-refractivity contribution is -0.188. The van der Waals surface area contributed by atoms with Crippen LogP contribution in [0.5, 0.6) is 5.75 Å². The van der Waals surface area contributed by atoms with Crippen LogP contribution in [0.4, 0.5) is 13.2 Å². The molecule has 1 aromatic heterocycles. The topological polar surface area (TPSA) is 63.1 Å². The monoisotopic (exact) mass is 414 g/mol. The van der Waals surface area contributed by atoms with Crippen LogP contribution in [0.15, 0.2) is 24.3 Å². The maximum Gasteiger partial charge on any atom is 0.393 e. The molecule has 2 heterocycles. The van der Waals surface area contributed by atoms with Gasteiger partial charge in [0.05, 0.1) is 13.0 Å². The molecule has 1 aromatic carbocycles. The number of methoxy groups -OCH3 is 1. The van der Waals surface area contributed by atoms with E-state index >= 15 is 0 Å². The number of hydrogen-bond donors (Lipinski definition) is 1. The Morgan fingerprint density at radius 2 is 2.07 bits per heavy atom. The molecule has 1 atom stereocenters. The van der Waals surface area contributed by atoms with Crippen molar-refractivity contribution in [2.75, 3.05) is 20.2 Å². The van der Waals surface area contributed by atoms with E-state index in [4.69, 9.17) is 17.0 Å². The van der Waals surface area contributed by atoms with Gasteiger partial charge in [-0.2, -0.15) is 18.3 Å². The summed E-state index contributed by atoms with van der Waals surface area (Å²) in [6.45, 7) is 0.320. The van der Waals surface area contributed by atoms with Gasteiger partial charge in [0.2, 0.25) is 5.91 Å². The summed E-state index contributed by atoms with van der Waals surface area (Å²) in [6, 6.07) is 7.21. The number of aromatic amines is 1. The van der Waals surface area contributed by atoms with Gasteiger partial charge in [0, 0.05) is 31.6 Å². The largest absolute Gasteiger partial charge is 0.497 e. The SMILES string of the molecule is COc1ccc(-c2n[nH]c(=S)n2CCC(=O)N2CCC[C@@H](C(F)(F)F)C2)cc1. The first-order valence-electron chi connectivity index (χ1n) is 8.93. The molecule has 0 spiro atoms. The van der Waals surface area contributed by atoms with Crippen molar-refractivity contribution in [1.29, 1.82) is 0 Å². The molecule has 1 saturated heterocycles. The molecule has 1 aliphatic heterocycles. The number of amides is 1. The maximum atomic E-state index is 13.0. The number of carbonyl (C=O) groups excluding carboxylic acids is 1. The summed E-state index contributed by atoms with van der Waals surface area (Å²) in [4.78, 5) is 13.8. The fourth-order valence-electron chi connectivity index (χ4n) is 3.32. The number of carbonyl (C=O) groups is 1. The van der Waals surface area contributed by atoms with Crippen LogP contribution < -0.4 is 4.74 Å². The normalized spacial score (nSPS) is 17.6. The molecule has 152 valence electrons. The first kappa shape index (κ1) is 20.4. The Hall–Kier alpha value is -2.36. The minimum Gasteiger partial charge on any atom is -0.497 e. The first-order chi connectivity index (χ1) is 13.3. The van der Waals surface area contributed by atoms with Crippen molar-refractivity contribution in [1.82, 2.24) is 19.7 Å². The minimum absolute atomic E-state index is 0.0571. The lowest BCUT2D eigenvalue weighted by atomic mass is 9.97. The lowest BCUT2D eigenvalue weighted by Gasteiger charge is -2.33. The zero-order chi connectivity index (χ0) is 20.3. The molecule has 0 radical (unpaired) electrons. The fraction of sp³-hybridized carbons (Fsp3) is 0.500. The van der Waals surface area contributed by atoms with Crippen molar-refractivity contribution >= 4 is 18.1 Å². The number of rotatable bonds is 5. The van der Waals surface area contributed by atoms with Crippen molar-refractivity contribution in [2.24, 2.45) is 5.92 Å². The number of piperidine rings is 1. The molecule has 2 aromatic rings. The summed E-state index contributed by atoms with van der Waals surface area (Å²) >= 11 is 5.24. The molecule has 0 saturated carbocycles. The summed E-state index contributed by atoms with van der Waals surface area (Å²) in [5, 5.41) is 6.91. The molecular weight excluding hydrogens is 393 g/mol. The number of nitrogens with one attached hydrogen (secondary N) is 1. The van der Waals surface area contributed by atoms with Crippen LogP contribution in [0.3, 0.4) is 0 Å². The average Bonchev–Trinajstić information content (AvgIpc) is 3.06. The highest BCUT2D eigenvalue weighted by molar-refractivity contribution is 7.71. The Labute approximate surface area is 165 Å². The van der Waals surface area contributed by atoms with E-state index in [2.05, 4.69) is 10.2 Å². The lowest BCUT2D eigenvalue weighted by Crippen LogP contribution is -2.44. The molecule has 1 N–H and O–H groups in total. The molecule has 1 amide bonds. The third kappa shape index (κ3) is 4.54. The van der Waals surface area contributed by atoms with E-state index in [1.165, 1.54) is 4.90 Å². The second-order valence-electron chi connectivity index (χ2n) is 6.70. The van der Waals surface area contributed by atoms with Gasteiger partial charge >= 0.3 is 6.18 Å². The number of ether oxygens (including phenoxy) is 1. The number of nitrogens with zero attached hydrogens (tertiary/aromatic N) is 3. The highest BCUT2D eigenvalue weighted by atomic mass is 32.1. The molecule has 0 aliphatic carbocycles. The van der Waals surface area contributed by atoms with E-state index < -0.39 is 12.1 Å². The predicted octanol–water partition coefficient (Wildman–Crippen LogP) is 3.81. The van der Waals surface area contributed by atoms with Gasteiger partial charge in [-0.1, -0.05) is 0 Å². The molecule has 0 bridgehead atoms. The van der Waals surface area contributed by atoms with E-state index in [1.807, 2.05) is 12.1 Å². The molecule has 1 fully saturated rings. The van der Waals surface area contributed by atoms with Crippen LogP contribution in [0.2, 0.25) is 0 Å². The van der Waals surface area contributed by atoms with Crippen molar-refractivity contribution in [3.8, 4) is 17.1 Å². The highest BCUT2D eigenvalue weighted by Gasteiger charge is 2.42. The van der Waals surface area contributed by atoms with Crippen LogP contribution >= 0.6 is 12.2 Å². The maximum absolute atomic E-state index is 13.0. The fourth-order valence-corrected chi connectivity index (χ4v) is 3.55. The Morgan fingerprint density at radius 3 is 2.71 bits per heavy atom. The van der Waals surface area contributed by atoms with Crippen molar-refractivity contribution in [3.63, 3.8) is 0 Å². The molecule has 10 heteroatoms. The Morgan fingerprint density at radius 1 is 1.36 bits per heavy atom. The molecular formula is C18H21F3N4O2S. The van der Waals surface area contributed by atoms with Crippen LogP contribution in [-0.4, -0.2) is 51.9 Å². The second kappa shape index (κ2) is 8.34. The molecule has 0 unspecified atom stereocenters. The van der Waals surface area contributed by atoms with Crippen molar-refractivity contribution < 1.29 is 22.7 Å². The van der Waals surface area contributed by atoms with Gasteiger partial charge in [0.15, 0.2) is 10.6 Å². The van der Waals surface area contributed by atoms with E-state index in [-0.39, 0.29) is 31.8 Å². The number of H-pyrrole nitrogens is 1. The van der Waals surface area contributed by atoms with Crippen LogP contribution in [0.25, 0.3) is 11.4 Å². The first-order valence-corrected chi connectivity index (χ1v) is 9.34. The second-order valence-corrected chi connectivity index (χ2v) is 7.09. The third-order valence-electron chi connectivity index (χ3n) is 4.89. The summed E-state index contributed by atoms with van der Waals surface area (Å²) in [6.07, 6.45) is -3.78. The molecule has 3 rings (SSSR count). The van der Waals surface area contributed by atoms with Crippen molar-refractivity contribution in [2.45, 2.75) is 32.0 Å². The number of aromatic nitrogens is 3. The third-order valence-corrected chi connectivity index (χ3v) is 5.20. The number of alkyl halides is 3. The van der Waals surface area contributed by atoms with E-state index in [9.17, 15) is 18.0 Å². The Kier molecular flexibility index (Phi) is 6.07. The van der Waals surface area contributed by atoms with Crippen LogP contribution in [-0.2, 0) is 11.3 Å². The van der Waals surface area contributed by atoms with Gasteiger partial charge < -0.3 is 9.64 Å². The standard InChI is InChI=1S/C18H21F3N4O2S/c1-27-14-6-4-12(5-7-14)16-22-23-17(28)25(16)10-8-15(26)24-9-2-3-13(11-24)18(19,20)21/h4-7,13H,2-3,8-11H2,1H3,(H,23,28)/t13-/m1/s1. The number of benzene rings is 1. The average molecular weight is 414 g/mol. The number of hydrogen-bond acceptors (Lipinski definition) is 4. The molecule has 28 heavy (non-hydrogen) atoms. The summed E-state index contributed by atoms with van der Waals surface area (Å²) in [7, 11) is 1.57. The smallest absolute Gasteiger partial charge is 0.393 e. The van der Waals surface area contributed by atoms with Crippen molar-refractivity contribution in [3.05, 3.63) is 29.0 Å². The summed E-state index contributed by atoms with van der Waals surface area (Å²) in [5.74, 6) is -0.495. The van der Waals surface area contributed by atoms with Crippen LogP contribution in [0, 0.1) is 10.7 Å². The van der Waals surface area contributed by atoms with E-state index in [0.717, 1.165) is 5.56 Å². The highest BCUT2D eigenvalue weighted by Crippen LogP contribution is 2.33. The zero-order valence-corrected chi connectivity index (χ0v) is 16.1. The van der Waals surface area contributed by atoms with Gasteiger partial charge in [-0.05, 0) is 49.3 Å². The van der Waals surface area contributed by atoms with Gasteiger partial charge in [-0.25, -0.2) is 0 Å². The summed E-state index contributed by atoms with van der Waals surface area (Å²) in [5.41, 5.74) is 0.788. The number of halogens is 3. The predicted molar refractivity (Wildman–Crippen MR) is 99.4 cm³/mol. The summed E-state index contributed by atoms with van der Waals surface area (Å²) < 4.78 is 46.0. The Balaban J connectivity index is 1.68. The van der Waals surface area contributed by atoms with Gasteiger partial charge in [-0.15, -0.1) is 0 Å². The quantitative estimate of drug-likeness (QED) is 0.756. The van der Waals surface area contributed by atoms with E-state index in [0.29, 0.717) is 29.3 Å². The van der Waals surface area contributed by atoms with Crippen LogP contribution in [0.1, 0.15) is 19.3 Å². The number of likely N-dealkylation sites (tertiary alicyclic amines) is 1. The zero-order valence-electron chi connectivity index (χ0n) is 15.3. The molecule has 1 aliphatic rings. The van der Waals surface area contributed by atoms with Gasteiger partial charge in [0.25, 0.3) is 0 Å². The Bertz CT molecular complexity index is 876. The van der Waals surface area contributed by atoms with Gasteiger partial charge in [-0.3, -0.25) is 14.5 Å².